The molecule has 0 amide bonds. The average molecular weight is 172 g/mol. The molecular formula is C10H20O2. The van der Waals surface area contributed by atoms with Crippen molar-refractivity contribution in [3.05, 3.63) is 12.2 Å². The van der Waals surface area contributed by atoms with Gasteiger partial charge in [-0.15, -0.1) is 0 Å². The largest absolute Gasteiger partial charge is 0.378 e. The van der Waals surface area contributed by atoms with E-state index in [1.807, 2.05) is 13.0 Å². The van der Waals surface area contributed by atoms with Gasteiger partial charge in [0.15, 0.2) is 0 Å². The first-order valence-electron chi connectivity index (χ1n) is 4.48. The van der Waals surface area contributed by atoms with Crippen LogP contribution in [-0.4, -0.2) is 26.4 Å². The number of hydrogen-bond donors (Lipinski definition) is 0. The van der Waals surface area contributed by atoms with Gasteiger partial charge in [-0.05, 0) is 13.3 Å². The molecule has 0 aliphatic heterocycles. The lowest BCUT2D eigenvalue weighted by molar-refractivity contribution is 0.127. The number of hydrogen-bond acceptors (Lipinski definition) is 2. The molecule has 0 spiro atoms. The fourth-order valence-electron chi connectivity index (χ4n) is 0.936. The average Bonchev–Trinajstić information content (AvgIpc) is 2.11. The van der Waals surface area contributed by atoms with Gasteiger partial charge in [0, 0.05) is 14.2 Å². The number of rotatable bonds is 6. The van der Waals surface area contributed by atoms with Crippen LogP contribution in [0.4, 0.5) is 0 Å². The fourth-order valence-corrected chi connectivity index (χ4v) is 0.936. The van der Waals surface area contributed by atoms with Gasteiger partial charge in [0.05, 0.1) is 12.2 Å². The molecule has 0 radical (unpaired) electrons. The van der Waals surface area contributed by atoms with E-state index in [9.17, 15) is 0 Å². The summed E-state index contributed by atoms with van der Waals surface area (Å²) in [6.45, 7) is 4.16. The van der Waals surface area contributed by atoms with Crippen molar-refractivity contribution in [1.82, 2.24) is 0 Å². The highest BCUT2D eigenvalue weighted by molar-refractivity contribution is 4.93. The van der Waals surface area contributed by atoms with Crippen LogP contribution >= 0.6 is 0 Å². The quantitative estimate of drug-likeness (QED) is 0.573. The van der Waals surface area contributed by atoms with E-state index in [2.05, 4.69) is 13.0 Å². The fraction of sp³-hybridized carbons (Fsp3) is 0.800. The van der Waals surface area contributed by atoms with Crippen molar-refractivity contribution in [2.24, 2.45) is 0 Å². The van der Waals surface area contributed by atoms with Gasteiger partial charge < -0.3 is 9.47 Å². The zero-order valence-corrected chi connectivity index (χ0v) is 8.54. The molecule has 0 aromatic heterocycles. The monoisotopic (exact) mass is 172 g/mol. The number of ether oxygens (including phenoxy) is 2. The minimum atomic E-state index is 0.180. The highest BCUT2D eigenvalue weighted by Gasteiger charge is 2.00. The van der Waals surface area contributed by atoms with E-state index in [1.54, 1.807) is 14.2 Å². The zero-order valence-electron chi connectivity index (χ0n) is 8.54. The molecule has 0 heterocycles. The second kappa shape index (κ2) is 7.32. The summed E-state index contributed by atoms with van der Waals surface area (Å²) in [5, 5.41) is 0. The third-order valence-corrected chi connectivity index (χ3v) is 1.84. The van der Waals surface area contributed by atoms with Crippen molar-refractivity contribution in [3.8, 4) is 0 Å². The molecule has 0 aliphatic rings. The Morgan fingerprint density at radius 3 is 2.25 bits per heavy atom. The Balaban J connectivity index is 3.74. The molecule has 0 saturated carbocycles. The summed E-state index contributed by atoms with van der Waals surface area (Å²) in [6.07, 6.45) is 6.74. The lowest BCUT2D eigenvalue weighted by Gasteiger charge is -2.10. The topological polar surface area (TPSA) is 18.5 Å². The van der Waals surface area contributed by atoms with Gasteiger partial charge >= 0.3 is 0 Å². The second-order valence-corrected chi connectivity index (χ2v) is 2.89. The van der Waals surface area contributed by atoms with Crippen LogP contribution in [0.2, 0.25) is 0 Å². The molecule has 0 N–H and O–H groups in total. The van der Waals surface area contributed by atoms with Crippen LogP contribution in [0.1, 0.15) is 26.7 Å². The van der Waals surface area contributed by atoms with E-state index >= 15 is 0 Å². The molecule has 0 aliphatic carbocycles. The van der Waals surface area contributed by atoms with E-state index < -0.39 is 0 Å². The first-order valence-corrected chi connectivity index (χ1v) is 4.48. The predicted molar refractivity (Wildman–Crippen MR) is 51.3 cm³/mol. The van der Waals surface area contributed by atoms with Crippen LogP contribution in [0.25, 0.3) is 0 Å². The Kier molecular flexibility index (Phi) is 7.11. The molecule has 2 unspecified atom stereocenters. The first kappa shape index (κ1) is 11.7. The maximum atomic E-state index is 5.24. The second-order valence-electron chi connectivity index (χ2n) is 2.89. The van der Waals surface area contributed by atoms with Gasteiger partial charge in [0.25, 0.3) is 0 Å². The summed E-state index contributed by atoms with van der Waals surface area (Å²) >= 11 is 0. The Labute approximate surface area is 75.6 Å². The van der Waals surface area contributed by atoms with E-state index in [-0.39, 0.29) is 12.2 Å². The third kappa shape index (κ3) is 5.33. The molecule has 0 rings (SSSR count). The molecule has 12 heavy (non-hydrogen) atoms. The van der Waals surface area contributed by atoms with Crippen LogP contribution in [0, 0.1) is 0 Å². The summed E-state index contributed by atoms with van der Waals surface area (Å²) < 4.78 is 10.3. The van der Waals surface area contributed by atoms with Gasteiger partial charge in [0.2, 0.25) is 0 Å². The van der Waals surface area contributed by atoms with Crippen molar-refractivity contribution in [1.29, 1.82) is 0 Å². The van der Waals surface area contributed by atoms with Crippen LogP contribution < -0.4 is 0 Å². The summed E-state index contributed by atoms with van der Waals surface area (Å²) in [6, 6.07) is 0. The lowest BCUT2D eigenvalue weighted by Crippen LogP contribution is -2.08. The molecule has 2 nitrogen and oxygen atoms in total. The highest BCUT2D eigenvalue weighted by atomic mass is 16.5. The summed E-state index contributed by atoms with van der Waals surface area (Å²) in [5.74, 6) is 0. The van der Waals surface area contributed by atoms with Crippen LogP contribution in [0.3, 0.4) is 0 Å². The van der Waals surface area contributed by atoms with Crippen LogP contribution in [-0.2, 0) is 9.47 Å². The SMILES string of the molecule is CCCC(C=CC(C)OC)OC. The molecule has 0 aromatic rings. The van der Waals surface area contributed by atoms with E-state index in [0.717, 1.165) is 12.8 Å². The van der Waals surface area contributed by atoms with Crippen molar-refractivity contribution in [2.75, 3.05) is 14.2 Å². The zero-order chi connectivity index (χ0) is 9.40. The Morgan fingerprint density at radius 2 is 1.83 bits per heavy atom. The minimum Gasteiger partial charge on any atom is -0.378 e. The molecule has 2 heteroatoms. The predicted octanol–water partition coefficient (Wildman–Crippen LogP) is 2.39. The summed E-state index contributed by atoms with van der Waals surface area (Å²) in [4.78, 5) is 0. The lowest BCUT2D eigenvalue weighted by atomic mass is 10.2. The Morgan fingerprint density at radius 1 is 1.17 bits per heavy atom. The van der Waals surface area contributed by atoms with Crippen molar-refractivity contribution < 1.29 is 9.47 Å². The third-order valence-electron chi connectivity index (χ3n) is 1.84. The highest BCUT2D eigenvalue weighted by Crippen LogP contribution is 2.03. The maximum absolute atomic E-state index is 5.24. The van der Waals surface area contributed by atoms with Crippen LogP contribution in [0.5, 0.6) is 0 Å². The van der Waals surface area contributed by atoms with Crippen molar-refractivity contribution in [3.63, 3.8) is 0 Å². The van der Waals surface area contributed by atoms with E-state index in [1.165, 1.54) is 0 Å². The summed E-state index contributed by atoms with van der Waals surface area (Å²) in [5.41, 5.74) is 0. The molecule has 72 valence electrons. The van der Waals surface area contributed by atoms with Gasteiger partial charge in [-0.1, -0.05) is 25.5 Å². The van der Waals surface area contributed by atoms with E-state index in [0.29, 0.717) is 0 Å². The molecular weight excluding hydrogens is 152 g/mol. The van der Waals surface area contributed by atoms with Crippen molar-refractivity contribution >= 4 is 0 Å². The molecule has 0 fully saturated rings. The molecule has 0 aromatic carbocycles. The standard InChI is InChI=1S/C10H20O2/c1-5-6-10(12-4)8-7-9(2)11-3/h7-10H,5-6H2,1-4H3. The molecule has 2 atom stereocenters. The number of methoxy groups -OCH3 is 2. The summed E-state index contributed by atoms with van der Waals surface area (Å²) in [7, 11) is 3.44. The van der Waals surface area contributed by atoms with Gasteiger partial charge in [0.1, 0.15) is 0 Å². The molecule has 0 saturated heterocycles. The maximum Gasteiger partial charge on any atom is 0.0752 e. The smallest absolute Gasteiger partial charge is 0.0752 e. The minimum absolute atomic E-state index is 0.180. The van der Waals surface area contributed by atoms with Gasteiger partial charge in [-0.2, -0.15) is 0 Å². The normalized spacial score (nSPS) is 16.7. The Bertz CT molecular complexity index is 121. The van der Waals surface area contributed by atoms with Gasteiger partial charge in [-0.3, -0.25) is 0 Å². The Hall–Kier alpha value is -0.340. The molecule has 0 bridgehead atoms. The first-order chi connectivity index (χ1) is 5.74. The van der Waals surface area contributed by atoms with E-state index in [4.69, 9.17) is 9.47 Å². The van der Waals surface area contributed by atoms with Crippen LogP contribution in [0.15, 0.2) is 12.2 Å². The van der Waals surface area contributed by atoms with Crippen molar-refractivity contribution in [2.45, 2.75) is 38.9 Å². The van der Waals surface area contributed by atoms with Gasteiger partial charge in [-0.25, -0.2) is 0 Å².